The van der Waals surface area contributed by atoms with E-state index in [2.05, 4.69) is 17.1 Å². The van der Waals surface area contributed by atoms with Crippen LogP contribution in [0.25, 0.3) is 0 Å². The predicted octanol–water partition coefficient (Wildman–Crippen LogP) is 1.46. The molecule has 1 saturated heterocycles. The third-order valence-corrected chi connectivity index (χ3v) is 2.56. The zero-order valence-corrected chi connectivity index (χ0v) is 8.69. The van der Waals surface area contributed by atoms with Gasteiger partial charge in [-0.15, -0.1) is 0 Å². The van der Waals surface area contributed by atoms with Gasteiger partial charge in [-0.2, -0.15) is 0 Å². The number of hydrogen-bond donors (Lipinski definition) is 0. The number of aromatic nitrogens is 1. The van der Waals surface area contributed by atoms with E-state index in [1.54, 1.807) is 0 Å². The second kappa shape index (κ2) is 4.00. The standard InChI is InChI=1S/C10H16N2O2/c1-8-7-10(11-14-8)13-9-3-5-12(2)6-4-9/h7,9H,3-6H2,1-2H3. The van der Waals surface area contributed by atoms with Gasteiger partial charge in [-0.25, -0.2) is 0 Å². The maximum Gasteiger partial charge on any atom is 0.254 e. The molecule has 14 heavy (non-hydrogen) atoms. The van der Waals surface area contributed by atoms with E-state index in [1.807, 2.05) is 13.0 Å². The van der Waals surface area contributed by atoms with Crippen LogP contribution in [0.1, 0.15) is 18.6 Å². The van der Waals surface area contributed by atoms with Gasteiger partial charge in [-0.3, -0.25) is 0 Å². The molecule has 0 saturated carbocycles. The molecule has 4 heteroatoms. The van der Waals surface area contributed by atoms with E-state index in [9.17, 15) is 0 Å². The van der Waals surface area contributed by atoms with E-state index in [0.29, 0.717) is 12.0 Å². The first-order valence-electron chi connectivity index (χ1n) is 5.02. The van der Waals surface area contributed by atoms with Crippen molar-refractivity contribution in [3.8, 4) is 5.88 Å². The molecule has 2 heterocycles. The van der Waals surface area contributed by atoms with Crippen molar-refractivity contribution in [3.63, 3.8) is 0 Å². The smallest absolute Gasteiger partial charge is 0.254 e. The van der Waals surface area contributed by atoms with Crippen LogP contribution in [0, 0.1) is 6.92 Å². The van der Waals surface area contributed by atoms with Crippen LogP contribution in [0.15, 0.2) is 10.6 Å². The zero-order chi connectivity index (χ0) is 9.97. The number of hydrogen-bond acceptors (Lipinski definition) is 4. The van der Waals surface area contributed by atoms with Gasteiger partial charge in [0.05, 0.1) is 0 Å². The molecule has 0 bridgehead atoms. The summed E-state index contributed by atoms with van der Waals surface area (Å²) in [6.45, 7) is 4.07. The van der Waals surface area contributed by atoms with Gasteiger partial charge in [0.15, 0.2) is 0 Å². The SMILES string of the molecule is Cc1cc(OC2CCN(C)CC2)no1. The van der Waals surface area contributed by atoms with Gasteiger partial charge in [-0.05, 0) is 32.0 Å². The minimum absolute atomic E-state index is 0.302. The molecular formula is C10H16N2O2. The number of rotatable bonds is 2. The lowest BCUT2D eigenvalue weighted by Gasteiger charge is -2.28. The van der Waals surface area contributed by atoms with Crippen molar-refractivity contribution in [2.75, 3.05) is 20.1 Å². The number of ether oxygens (including phenoxy) is 1. The van der Waals surface area contributed by atoms with Crippen LogP contribution < -0.4 is 4.74 Å². The molecule has 0 atom stereocenters. The molecule has 2 rings (SSSR count). The first-order valence-corrected chi connectivity index (χ1v) is 5.02. The number of nitrogens with zero attached hydrogens (tertiary/aromatic N) is 2. The number of piperidine rings is 1. The molecule has 1 aliphatic heterocycles. The fraction of sp³-hybridized carbons (Fsp3) is 0.700. The molecule has 0 aliphatic carbocycles. The molecule has 0 spiro atoms. The minimum Gasteiger partial charge on any atom is -0.472 e. The van der Waals surface area contributed by atoms with Crippen LogP contribution in [-0.4, -0.2) is 36.3 Å². The highest BCUT2D eigenvalue weighted by Crippen LogP contribution is 2.17. The molecule has 0 amide bonds. The highest BCUT2D eigenvalue weighted by Gasteiger charge is 2.18. The van der Waals surface area contributed by atoms with E-state index < -0.39 is 0 Å². The Morgan fingerprint density at radius 3 is 2.79 bits per heavy atom. The second-order valence-electron chi connectivity index (χ2n) is 3.90. The number of aryl methyl sites for hydroxylation is 1. The van der Waals surface area contributed by atoms with Gasteiger partial charge in [0.1, 0.15) is 11.9 Å². The Bertz CT molecular complexity index is 290. The van der Waals surface area contributed by atoms with Crippen LogP contribution in [0.5, 0.6) is 5.88 Å². The Morgan fingerprint density at radius 2 is 2.21 bits per heavy atom. The quantitative estimate of drug-likeness (QED) is 0.717. The van der Waals surface area contributed by atoms with Crippen LogP contribution in [0.4, 0.5) is 0 Å². The fourth-order valence-corrected chi connectivity index (χ4v) is 1.67. The average molecular weight is 196 g/mol. The molecule has 0 unspecified atom stereocenters. The Kier molecular flexibility index (Phi) is 2.72. The first-order chi connectivity index (χ1) is 6.74. The third kappa shape index (κ3) is 2.26. The summed E-state index contributed by atoms with van der Waals surface area (Å²) in [7, 11) is 2.14. The summed E-state index contributed by atoms with van der Waals surface area (Å²) in [4.78, 5) is 2.31. The second-order valence-corrected chi connectivity index (χ2v) is 3.90. The molecule has 0 radical (unpaired) electrons. The van der Waals surface area contributed by atoms with Gasteiger partial charge in [-0.1, -0.05) is 0 Å². The van der Waals surface area contributed by atoms with Gasteiger partial charge in [0, 0.05) is 19.2 Å². The van der Waals surface area contributed by atoms with Crippen molar-refractivity contribution < 1.29 is 9.26 Å². The third-order valence-electron chi connectivity index (χ3n) is 2.56. The minimum atomic E-state index is 0.302. The molecule has 78 valence electrons. The molecule has 0 aromatic carbocycles. The van der Waals surface area contributed by atoms with Crippen LogP contribution >= 0.6 is 0 Å². The summed E-state index contributed by atoms with van der Waals surface area (Å²) in [6, 6.07) is 1.83. The summed E-state index contributed by atoms with van der Waals surface area (Å²) in [5.41, 5.74) is 0. The molecule has 1 aromatic rings. The van der Waals surface area contributed by atoms with Gasteiger partial charge >= 0.3 is 0 Å². The maximum atomic E-state index is 5.69. The van der Waals surface area contributed by atoms with Crippen molar-refractivity contribution in [1.82, 2.24) is 10.1 Å². The van der Waals surface area contributed by atoms with Crippen molar-refractivity contribution in [1.29, 1.82) is 0 Å². The Morgan fingerprint density at radius 1 is 1.50 bits per heavy atom. The molecule has 1 aromatic heterocycles. The largest absolute Gasteiger partial charge is 0.472 e. The average Bonchev–Trinajstić information content (AvgIpc) is 2.56. The highest BCUT2D eigenvalue weighted by molar-refractivity contribution is 5.09. The lowest BCUT2D eigenvalue weighted by Crippen LogP contribution is -2.35. The summed E-state index contributed by atoms with van der Waals surface area (Å²) >= 11 is 0. The molecular weight excluding hydrogens is 180 g/mol. The molecule has 1 aliphatic rings. The molecule has 0 N–H and O–H groups in total. The zero-order valence-electron chi connectivity index (χ0n) is 8.69. The van der Waals surface area contributed by atoms with Crippen LogP contribution in [-0.2, 0) is 0 Å². The Hall–Kier alpha value is -1.03. The van der Waals surface area contributed by atoms with E-state index in [1.165, 1.54) is 0 Å². The summed E-state index contributed by atoms with van der Waals surface area (Å²) in [5.74, 6) is 1.42. The van der Waals surface area contributed by atoms with E-state index in [-0.39, 0.29) is 0 Å². The summed E-state index contributed by atoms with van der Waals surface area (Å²) < 4.78 is 10.6. The van der Waals surface area contributed by atoms with E-state index >= 15 is 0 Å². The van der Waals surface area contributed by atoms with Gasteiger partial charge in [0.25, 0.3) is 5.88 Å². The van der Waals surface area contributed by atoms with Gasteiger partial charge < -0.3 is 14.2 Å². The Labute approximate surface area is 83.8 Å². The van der Waals surface area contributed by atoms with Crippen molar-refractivity contribution in [2.45, 2.75) is 25.9 Å². The summed E-state index contributed by atoms with van der Waals surface area (Å²) in [5, 5.41) is 3.82. The first kappa shape index (κ1) is 9.52. The van der Waals surface area contributed by atoms with E-state index in [4.69, 9.17) is 9.26 Å². The molecule has 4 nitrogen and oxygen atoms in total. The maximum absolute atomic E-state index is 5.69. The lowest BCUT2D eigenvalue weighted by molar-refractivity contribution is 0.106. The molecule has 1 fully saturated rings. The van der Waals surface area contributed by atoms with Crippen molar-refractivity contribution >= 4 is 0 Å². The van der Waals surface area contributed by atoms with Crippen LogP contribution in [0.3, 0.4) is 0 Å². The van der Waals surface area contributed by atoms with E-state index in [0.717, 1.165) is 31.7 Å². The lowest BCUT2D eigenvalue weighted by atomic mass is 10.1. The normalized spacial score (nSPS) is 19.9. The van der Waals surface area contributed by atoms with Crippen molar-refractivity contribution in [3.05, 3.63) is 11.8 Å². The topological polar surface area (TPSA) is 38.5 Å². The highest BCUT2D eigenvalue weighted by atomic mass is 16.5. The number of likely N-dealkylation sites (tertiary alicyclic amines) is 1. The van der Waals surface area contributed by atoms with Crippen molar-refractivity contribution in [2.24, 2.45) is 0 Å². The van der Waals surface area contributed by atoms with Crippen LogP contribution in [0.2, 0.25) is 0 Å². The summed E-state index contributed by atoms with van der Waals surface area (Å²) in [6.07, 6.45) is 2.45. The Balaban J connectivity index is 1.86. The predicted molar refractivity (Wildman–Crippen MR) is 52.4 cm³/mol. The van der Waals surface area contributed by atoms with Gasteiger partial charge in [0.2, 0.25) is 0 Å². The monoisotopic (exact) mass is 196 g/mol. The fourth-order valence-electron chi connectivity index (χ4n) is 1.67.